The number of aryl methyl sites for hydroxylation is 1. The molecule has 0 saturated carbocycles. The van der Waals surface area contributed by atoms with Crippen LogP contribution in [0.15, 0.2) is 134 Å². The molecule has 0 fully saturated rings. The summed E-state index contributed by atoms with van der Waals surface area (Å²) >= 11 is 0. The van der Waals surface area contributed by atoms with Crippen LogP contribution in [0.4, 0.5) is 0 Å². The van der Waals surface area contributed by atoms with Gasteiger partial charge < -0.3 is 19.4 Å². The van der Waals surface area contributed by atoms with Gasteiger partial charge in [-0.2, -0.15) is 0 Å². The van der Waals surface area contributed by atoms with Crippen molar-refractivity contribution in [2.75, 3.05) is 0 Å². The molecule has 0 spiro atoms. The Morgan fingerprint density at radius 3 is 2.11 bits per heavy atom. The number of aromatic nitrogens is 2. The zero-order chi connectivity index (χ0) is 32.0. The van der Waals surface area contributed by atoms with Crippen LogP contribution in [-0.2, 0) is 20.1 Å². The third-order valence-electron chi connectivity index (χ3n) is 7.90. The monoisotopic (exact) mass is 760 g/mol. The van der Waals surface area contributed by atoms with Crippen LogP contribution >= 0.6 is 0 Å². The van der Waals surface area contributed by atoms with Gasteiger partial charge in [0.1, 0.15) is 11.5 Å². The Hall–Kier alpha value is -5.03. The molecule has 6 heteroatoms. The van der Waals surface area contributed by atoms with Gasteiger partial charge in [0, 0.05) is 48.1 Å². The Labute approximate surface area is 280 Å². The third kappa shape index (κ3) is 5.33. The largest absolute Gasteiger partial charge is 0.503 e. The van der Waals surface area contributed by atoms with Gasteiger partial charge in [-0.05, 0) is 57.6 Å². The maximum Gasteiger partial charge on any atom is 0.239 e. The smallest absolute Gasteiger partial charge is 0.239 e. The minimum atomic E-state index is -2.09. The van der Waals surface area contributed by atoms with E-state index in [0.29, 0.717) is 0 Å². The number of ether oxygens (including phenoxy) is 2. The molecule has 45 heavy (non-hydrogen) atoms. The fourth-order valence-electron chi connectivity index (χ4n) is 5.84. The van der Waals surface area contributed by atoms with Crippen LogP contribution in [-0.4, -0.2) is 16.7 Å². The van der Waals surface area contributed by atoms with Gasteiger partial charge in [0.05, 0.1) is 0 Å². The first-order valence-corrected chi connectivity index (χ1v) is 14.3. The van der Waals surface area contributed by atoms with Crippen molar-refractivity contribution in [2.45, 2.75) is 6.85 Å². The molecular weight excluding hydrogens is 731 g/mol. The molecule has 2 aliphatic rings. The second-order valence-corrected chi connectivity index (χ2v) is 10.6. The van der Waals surface area contributed by atoms with Crippen LogP contribution in [0.3, 0.4) is 0 Å². The van der Waals surface area contributed by atoms with Gasteiger partial charge in [0.25, 0.3) is 0 Å². The fraction of sp³-hybridized carbons (Fsp3) is 0.0256. The van der Waals surface area contributed by atoms with Crippen LogP contribution in [0.25, 0.3) is 33.3 Å². The van der Waals surface area contributed by atoms with E-state index in [0.717, 1.165) is 72.7 Å². The fourth-order valence-corrected chi connectivity index (χ4v) is 5.84. The molecule has 2 aliphatic heterocycles. The van der Waals surface area contributed by atoms with Crippen molar-refractivity contribution < 1.29 is 33.7 Å². The minimum absolute atomic E-state index is 0. The van der Waals surface area contributed by atoms with Crippen molar-refractivity contribution >= 4 is 33.9 Å². The number of para-hydroxylation sites is 2. The molecule has 2 aromatic heterocycles. The van der Waals surface area contributed by atoms with Crippen LogP contribution in [0.1, 0.15) is 9.68 Å². The molecule has 0 N–H and O–H groups in total. The van der Waals surface area contributed by atoms with E-state index >= 15 is 0 Å². The molecular formula is C39H25BIrN2O2-2. The Morgan fingerprint density at radius 2 is 1.38 bits per heavy atom. The number of hydrogen-bond acceptors (Lipinski definition) is 4. The van der Waals surface area contributed by atoms with Crippen LogP contribution in [0, 0.1) is 19.0 Å². The average Bonchev–Trinajstić information content (AvgIpc) is 3.12. The Morgan fingerprint density at radius 1 is 0.667 bits per heavy atom. The second-order valence-electron chi connectivity index (χ2n) is 10.6. The summed E-state index contributed by atoms with van der Waals surface area (Å²) in [5.41, 5.74) is 6.88. The van der Waals surface area contributed by atoms with E-state index in [1.165, 1.54) is 6.20 Å². The molecule has 5 aromatic carbocycles. The topological polar surface area (TPSA) is 44.2 Å². The number of pyridine rings is 2. The van der Waals surface area contributed by atoms with Gasteiger partial charge in [-0.3, -0.25) is 0 Å². The van der Waals surface area contributed by atoms with Gasteiger partial charge >= 0.3 is 0 Å². The Bertz CT molecular complexity index is 2250. The van der Waals surface area contributed by atoms with Gasteiger partial charge in [0.2, 0.25) is 6.71 Å². The van der Waals surface area contributed by atoms with Gasteiger partial charge in [-0.25, -0.2) is 0 Å². The number of fused-ring (bicyclic) bond motifs is 5. The average molecular weight is 760 g/mol. The minimum Gasteiger partial charge on any atom is -0.503 e. The summed E-state index contributed by atoms with van der Waals surface area (Å²) in [5.74, 6) is 3.31. The number of nitrogens with zero attached hydrogens (tertiary/aromatic N) is 2. The quantitative estimate of drug-likeness (QED) is 0.137. The molecule has 9 rings (SSSR count). The molecule has 7 aromatic rings. The summed E-state index contributed by atoms with van der Waals surface area (Å²) in [6, 6.07) is 45.9. The molecule has 4 heterocycles. The van der Waals surface area contributed by atoms with E-state index in [2.05, 4.69) is 59.6 Å². The molecule has 1 radical (unpaired) electrons. The zero-order valence-corrected chi connectivity index (χ0v) is 26.2. The predicted octanol–water partition coefficient (Wildman–Crippen LogP) is 7.28. The van der Waals surface area contributed by atoms with Gasteiger partial charge in [-0.1, -0.05) is 89.9 Å². The van der Waals surface area contributed by atoms with E-state index in [1.54, 1.807) is 18.2 Å². The summed E-state index contributed by atoms with van der Waals surface area (Å²) in [6.07, 6.45) is 3.30. The Kier molecular flexibility index (Phi) is 6.84. The molecule has 0 saturated heterocycles. The van der Waals surface area contributed by atoms with E-state index in [1.807, 2.05) is 66.9 Å². The van der Waals surface area contributed by atoms with Crippen molar-refractivity contribution in [1.82, 2.24) is 9.97 Å². The van der Waals surface area contributed by atoms with Crippen molar-refractivity contribution in [3.63, 3.8) is 0 Å². The van der Waals surface area contributed by atoms with Crippen molar-refractivity contribution in [3.8, 4) is 45.5 Å². The number of rotatable bonds is 2. The predicted molar refractivity (Wildman–Crippen MR) is 177 cm³/mol. The number of benzene rings is 5. The maximum absolute atomic E-state index is 7.23. The standard InChI is InChI=1S/C27H15BNO2.C12H10N.Ir/c1-2-8-18-16-29-22(15-17(18)7-1)19-13-14-25-26-27(19)31-24-12-6-4-10-21(24)28(26)20-9-3-5-11-23(20)30-25;1-10-7-8-12(13-9-10)11-5-3-2-4-6-11;/h1-12,14-16H;2-5,7-9H,1H3;/q2*-1;/i;1D3;. The first kappa shape index (κ1) is 25.3. The molecule has 0 bridgehead atoms. The first-order chi connectivity index (χ1) is 22.9. The zero-order valence-electron chi connectivity index (χ0n) is 26.8. The molecule has 4 nitrogen and oxygen atoms in total. The summed E-state index contributed by atoms with van der Waals surface area (Å²) in [5, 5.41) is 2.25. The van der Waals surface area contributed by atoms with Gasteiger partial charge in [-0.15, -0.1) is 48.0 Å². The van der Waals surface area contributed by atoms with Crippen molar-refractivity contribution in [1.29, 1.82) is 0 Å². The maximum atomic E-state index is 7.23. The van der Waals surface area contributed by atoms with E-state index in [4.69, 9.17) is 18.6 Å². The third-order valence-corrected chi connectivity index (χ3v) is 7.90. The summed E-state index contributed by atoms with van der Waals surface area (Å²) < 4.78 is 34.5. The van der Waals surface area contributed by atoms with Gasteiger partial charge in [0.15, 0.2) is 0 Å². The molecule has 0 unspecified atom stereocenters. The Balaban J connectivity index is 0.000000183. The van der Waals surface area contributed by atoms with E-state index in [9.17, 15) is 0 Å². The van der Waals surface area contributed by atoms with Crippen molar-refractivity contribution in [3.05, 3.63) is 151 Å². The second kappa shape index (κ2) is 12.2. The van der Waals surface area contributed by atoms with E-state index < -0.39 is 6.85 Å². The molecule has 0 atom stereocenters. The summed E-state index contributed by atoms with van der Waals surface area (Å²) in [6.45, 7) is -2.04. The van der Waals surface area contributed by atoms with Crippen LogP contribution in [0.5, 0.6) is 23.0 Å². The summed E-state index contributed by atoms with van der Waals surface area (Å²) in [7, 11) is 0. The first-order valence-electron chi connectivity index (χ1n) is 15.8. The normalized spacial score (nSPS) is 13.1. The summed E-state index contributed by atoms with van der Waals surface area (Å²) in [4.78, 5) is 8.86. The molecule has 217 valence electrons. The molecule has 0 aliphatic carbocycles. The molecule has 0 amide bonds. The number of hydrogen-bond donors (Lipinski definition) is 0. The van der Waals surface area contributed by atoms with Crippen molar-refractivity contribution in [2.24, 2.45) is 0 Å². The van der Waals surface area contributed by atoms with E-state index in [-0.39, 0.29) is 32.4 Å². The SMILES string of the molecule is [2H]C([2H])([2H])c1ccc(-c2[c-]cccc2)nc1.[Ir].[c-]1cc2c3c(c1-c1cc4ccccc4cn1)Oc1ccccc1B3c1ccccc1O2. The van der Waals surface area contributed by atoms with Crippen LogP contribution < -0.4 is 25.9 Å². The van der Waals surface area contributed by atoms with Crippen LogP contribution in [0.2, 0.25) is 0 Å².